The summed E-state index contributed by atoms with van der Waals surface area (Å²) >= 11 is 8.15. The Bertz CT molecular complexity index is 1050. The molecule has 1 aliphatic rings. The van der Waals surface area contributed by atoms with Crippen molar-refractivity contribution in [1.29, 1.82) is 0 Å². The van der Waals surface area contributed by atoms with Crippen LogP contribution in [0, 0.1) is 14.3 Å². The fourth-order valence-corrected chi connectivity index (χ4v) is 6.88. The molecule has 9 heteroatoms. The van der Waals surface area contributed by atoms with Gasteiger partial charge in [-0.2, -0.15) is 0 Å². The number of halogens is 4. The Morgan fingerprint density at radius 3 is 1.90 bits per heavy atom. The molecule has 0 saturated carbocycles. The topological polar surface area (TPSA) is 69.6 Å². The maximum atomic E-state index is 12.8. The Morgan fingerprint density at radius 2 is 1.34 bits per heavy atom. The number of aromatic hydroxyl groups is 1. The van der Waals surface area contributed by atoms with Crippen molar-refractivity contribution >= 4 is 96.3 Å². The molecule has 0 radical (unpaired) electrons. The van der Waals surface area contributed by atoms with Crippen LogP contribution in [0.1, 0.15) is 27.0 Å². The minimum atomic E-state index is -1.19. The Balaban J connectivity index is 0.00000240. The first kappa shape index (κ1) is 24.3. The molecule has 1 aliphatic heterocycles. The average molecular weight is 844 g/mol. The molecule has 0 amide bonds. The molecule has 3 aromatic rings. The molecule has 3 aromatic carbocycles. The van der Waals surface area contributed by atoms with E-state index in [0.29, 0.717) is 25.4 Å². The molecule has 0 aromatic heterocycles. The molecule has 0 saturated heterocycles. The summed E-state index contributed by atoms with van der Waals surface area (Å²) in [5, 5.41) is 22.5. The van der Waals surface area contributed by atoms with Crippen LogP contribution in [0.2, 0.25) is 0 Å². The third kappa shape index (κ3) is 4.08. The van der Waals surface area contributed by atoms with Crippen LogP contribution in [-0.2, 0) is 10.3 Å². The van der Waals surface area contributed by atoms with Gasteiger partial charge in [0.25, 0.3) is 0 Å². The van der Waals surface area contributed by atoms with Crippen LogP contribution < -0.4 is 34.7 Å². The molecular weight excluding hydrogens is 835 g/mol. The van der Waals surface area contributed by atoms with Crippen molar-refractivity contribution in [3.05, 3.63) is 85.1 Å². The maximum absolute atomic E-state index is 12.8. The number of fused-ring (bicyclic) bond motifs is 1. The summed E-state index contributed by atoms with van der Waals surface area (Å²) in [6.07, 6.45) is 0. The van der Waals surface area contributed by atoms with Gasteiger partial charge in [-0.3, -0.25) is 0 Å². The maximum Gasteiger partial charge on any atom is 1.00 e. The number of carbonyl (C=O) groups is 1. The molecule has 0 fully saturated rings. The molecule has 1 N–H and O–H groups in total. The van der Waals surface area contributed by atoms with Crippen LogP contribution in [-0.4, -0.2) is 11.1 Å². The second kappa shape index (κ2) is 9.25. The van der Waals surface area contributed by atoms with Crippen LogP contribution in [0.3, 0.4) is 0 Å². The second-order valence-corrected chi connectivity index (χ2v) is 10.8. The van der Waals surface area contributed by atoms with Crippen molar-refractivity contribution in [2.75, 3.05) is 0 Å². The summed E-state index contributed by atoms with van der Waals surface area (Å²) in [6, 6.07) is 14.5. The predicted octanol–water partition coefficient (Wildman–Crippen LogP) is 2.35. The summed E-state index contributed by atoms with van der Waals surface area (Å²) in [4.78, 5) is 12.8. The van der Waals surface area contributed by atoms with E-state index in [1.165, 1.54) is 0 Å². The van der Waals surface area contributed by atoms with Gasteiger partial charge in [-0.1, -0.05) is 23.9 Å². The van der Waals surface area contributed by atoms with E-state index in [4.69, 9.17) is 4.74 Å². The Labute approximate surface area is 244 Å². The van der Waals surface area contributed by atoms with Crippen LogP contribution >= 0.6 is 90.4 Å². The molecule has 1 atom stereocenters. The summed E-state index contributed by atoms with van der Waals surface area (Å²) in [7, 11) is 0. The summed E-state index contributed by atoms with van der Waals surface area (Å²) < 4.78 is 8.48. The van der Waals surface area contributed by atoms with E-state index in [9.17, 15) is 15.0 Å². The first-order valence-electron chi connectivity index (χ1n) is 7.93. The van der Waals surface area contributed by atoms with Crippen molar-refractivity contribution in [1.82, 2.24) is 0 Å². The van der Waals surface area contributed by atoms with Crippen LogP contribution in [0.4, 0.5) is 0 Å². The number of esters is 1. The zero-order valence-electron chi connectivity index (χ0n) is 14.8. The third-order valence-corrected chi connectivity index (χ3v) is 7.85. The van der Waals surface area contributed by atoms with Gasteiger partial charge < -0.3 is 14.9 Å². The minimum absolute atomic E-state index is 0. The molecule has 4 rings (SSSR count). The van der Waals surface area contributed by atoms with Gasteiger partial charge in [-0.15, -0.1) is 0 Å². The monoisotopic (exact) mass is 844 g/mol. The number of hydrogen-bond donors (Lipinski definition) is 1. The van der Waals surface area contributed by atoms with Crippen molar-refractivity contribution in [3.63, 3.8) is 0 Å². The van der Waals surface area contributed by atoms with Crippen LogP contribution in [0.15, 0.2) is 48.5 Å². The SMILES string of the molecule is O=C1OC(c2cc(I)c([O-])c(I)c2)(c2cc(I)c(O)c(I)c2)c2ccccc21.[Na+]. The largest absolute Gasteiger partial charge is 1.00 e. The van der Waals surface area contributed by atoms with Crippen molar-refractivity contribution in [2.24, 2.45) is 0 Å². The van der Waals surface area contributed by atoms with Crippen molar-refractivity contribution < 1.29 is 49.3 Å². The van der Waals surface area contributed by atoms with Gasteiger partial charge in [0.2, 0.25) is 0 Å². The second-order valence-electron chi connectivity index (χ2n) is 6.17. The summed E-state index contributed by atoms with van der Waals surface area (Å²) in [6.45, 7) is 0. The fourth-order valence-electron chi connectivity index (χ4n) is 3.34. The molecule has 0 bridgehead atoms. The molecule has 142 valence electrons. The standard InChI is InChI=1S/C20H10I4O4.Na/c21-13-5-9(6-14(22)17(13)25)20(10-7-15(23)18(26)16(24)8-10)12-4-2-1-3-11(12)19(27)28-20;/h1-8,25-26H;/q;+1/p-1. The van der Waals surface area contributed by atoms with Gasteiger partial charge in [-0.05, 0) is 121 Å². The summed E-state index contributed by atoms with van der Waals surface area (Å²) in [5.74, 6) is -0.269. The smallest absolute Gasteiger partial charge is 0.871 e. The molecular formula is C20H9I4NaO4. The number of rotatable bonds is 2. The fraction of sp³-hybridized carbons (Fsp3) is 0.0500. The molecule has 0 spiro atoms. The predicted molar refractivity (Wildman–Crippen MR) is 137 cm³/mol. The van der Waals surface area contributed by atoms with Crippen LogP contribution in [0.25, 0.3) is 0 Å². The Hall–Kier alpha value is 0.650. The number of hydrogen-bond acceptors (Lipinski definition) is 4. The quantitative estimate of drug-likeness (QED) is 0.245. The van der Waals surface area contributed by atoms with Crippen molar-refractivity contribution in [3.8, 4) is 11.5 Å². The zero-order chi connectivity index (χ0) is 20.2. The zero-order valence-corrected chi connectivity index (χ0v) is 25.4. The molecule has 1 heterocycles. The van der Waals surface area contributed by atoms with Gasteiger partial charge in [0, 0.05) is 23.8 Å². The minimum Gasteiger partial charge on any atom is -0.871 e. The third-order valence-electron chi connectivity index (χ3n) is 4.60. The van der Waals surface area contributed by atoms with Gasteiger partial charge in [0.05, 0.1) is 12.7 Å². The van der Waals surface area contributed by atoms with E-state index in [-0.39, 0.29) is 41.1 Å². The van der Waals surface area contributed by atoms with E-state index in [1.54, 1.807) is 24.3 Å². The number of phenols is 1. The normalized spacial score (nSPS) is 17.4. The average Bonchev–Trinajstić information content (AvgIpc) is 2.97. The Kier molecular flexibility index (Phi) is 7.75. The van der Waals surface area contributed by atoms with E-state index in [0.717, 1.165) is 11.1 Å². The molecule has 4 nitrogen and oxygen atoms in total. The molecule has 1 unspecified atom stereocenters. The number of cyclic esters (lactones) is 1. The van der Waals surface area contributed by atoms with Gasteiger partial charge in [0.1, 0.15) is 5.75 Å². The van der Waals surface area contributed by atoms with E-state index in [1.807, 2.05) is 69.4 Å². The van der Waals surface area contributed by atoms with E-state index >= 15 is 0 Å². The van der Waals surface area contributed by atoms with Gasteiger partial charge >= 0.3 is 35.5 Å². The van der Waals surface area contributed by atoms with E-state index < -0.39 is 11.6 Å². The Morgan fingerprint density at radius 1 is 0.862 bits per heavy atom. The van der Waals surface area contributed by atoms with Crippen molar-refractivity contribution in [2.45, 2.75) is 5.60 Å². The number of carbonyl (C=O) groups excluding carboxylic acids is 1. The number of phenolic OH excluding ortho intramolecular Hbond substituents is 1. The number of benzene rings is 3. The van der Waals surface area contributed by atoms with Gasteiger partial charge in [0.15, 0.2) is 5.60 Å². The van der Waals surface area contributed by atoms with E-state index in [2.05, 4.69) is 45.2 Å². The number of ether oxygens (including phenoxy) is 1. The molecule has 0 aliphatic carbocycles. The first-order chi connectivity index (χ1) is 13.3. The van der Waals surface area contributed by atoms with Crippen LogP contribution in [0.5, 0.6) is 11.5 Å². The first-order valence-corrected chi connectivity index (χ1v) is 12.2. The molecule has 29 heavy (non-hydrogen) atoms. The van der Waals surface area contributed by atoms with Gasteiger partial charge in [-0.25, -0.2) is 4.79 Å². The summed E-state index contributed by atoms with van der Waals surface area (Å²) in [5.41, 5.74) is 1.47.